The van der Waals surface area contributed by atoms with Crippen molar-refractivity contribution in [3.8, 4) is 0 Å². The van der Waals surface area contributed by atoms with Crippen LogP contribution in [0.4, 0.5) is 0 Å². The van der Waals surface area contributed by atoms with E-state index < -0.39 is 0 Å². The molecule has 0 aliphatic heterocycles. The van der Waals surface area contributed by atoms with Crippen molar-refractivity contribution in [1.29, 1.82) is 0 Å². The Balaban J connectivity index is 3.09. The first-order valence-corrected chi connectivity index (χ1v) is 6.11. The van der Waals surface area contributed by atoms with Crippen molar-refractivity contribution in [2.45, 2.75) is 25.5 Å². The van der Waals surface area contributed by atoms with Gasteiger partial charge in [-0.05, 0) is 6.42 Å². The smallest absolute Gasteiger partial charge is 0.0350 e. The van der Waals surface area contributed by atoms with Gasteiger partial charge in [0.05, 0.1) is 0 Å². The summed E-state index contributed by atoms with van der Waals surface area (Å²) >= 11 is 5.67. The first-order chi connectivity index (χ1) is 4.35. The molecule has 0 spiro atoms. The molecule has 0 aromatic heterocycles. The second-order valence-electron chi connectivity index (χ2n) is 1.69. The molecule has 56 valence electrons. The van der Waals surface area contributed by atoms with Crippen LogP contribution in [0.5, 0.6) is 0 Å². The fraction of sp³-hybridized carbons (Fsp3) is 1.00. The maximum atomic E-state index is 5.67. The van der Waals surface area contributed by atoms with Gasteiger partial charge in [0.25, 0.3) is 0 Å². The summed E-state index contributed by atoms with van der Waals surface area (Å²) in [6, 6.07) is 0. The first kappa shape index (κ1) is 9.99. The van der Waals surface area contributed by atoms with Gasteiger partial charge >= 0.3 is 0 Å². The van der Waals surface area contributed by atoms with Gasteiger partial charge in [-0.25, -0.2) is 0 Å². The number of alkyl halides is 1. The van der Waals surface area contributed by atoms with Gasteiger partial charge < -0.3 is 0 Å². The second kappa shape index (κ2) is 7.10. The van der Waals surface area contributed by atoms with Crippen LogP contribution in [0, 0.1) is 0 Å². The third kappa shape index (κ3) is 5.43. The zero-order valence-electron chi connectivity index (χ0n) is 5.89. The van der Waals surface area contributed by atoms with Crippen LogP contribution in [-0.4, -0.2) is 16.9 Å². The van der Waals surface area contributed by atoms with E-state index in [0.717, 1.165) is 5.88 Å². The number of hydrogen-bond donors (Lipinski definition) is 0. The van der Waals surface area contributed by atoms with E-state index in [4.69, 9.17) is 11.6 Å². The summed E-state index contributed by atoms with van der Waals surface area (Å²) in [5.74, 6) is 1.96. The van der Waals surface area contributed by atoms with Gasteiger partial charge in [0, 0.05) is 16.9 Å². The van der Waals surface area contributed by atoms with Crippen LogP contribution in [0.2, 0.25) is 0 Å². The fourth-order valence-corrected chi connectivity index (χ4v) is 3.11. The highest BCUT2D eigenvalue weighted by Gasteiger charge is 2.02. The standard InChI is InChI=1S/C6H13ClS2/c1-3-6(5-7)9-8-4-2/h6H,3-5H2,1-2H3. The van der Waals surface area contributed by atoms with E-state index in [2.05, 4.69) is 13.8 Å². The van der Waals surface area contributed by atoms with E-state index >= 15 is 0 Å². The van der Waals surface area contributed by atoms with Crippen molar-refractivity contribution in [2.24, 2.45) is 0 Å². The van der Waals surface area contributed by atoms with Gasteiger partial charge in [-0.3, -0.25) is 0 Å². The molecule has 0 amide bonds. The SMILES string of the molecule is CCSSC(CC)CCl. The summed E-state index contributed by atoms with van der Waals surface area (Å²) in [6.45, 7) is 4.34. The molecule has 0 heterocycles. The largest absolute Gasteiger partial charge is 0.125 e. The van der Waals surface area contributed by atoms with Gasteiger partial charge in [0.1, 0.15) is 0 Å². The molecule has 0 aromatic carbocycles. The third-order valence-corrected chi connectivity index (χ3v) is 4.58. The Morgan fingerprint density at radius 1 is 1.44 bits per heavy atom. The molecular weight excluding hydrogens is 172 g/mol. The van der Waals surface area contributed by atoms with Gasteiger partial charge in [-0.2, -0.15) is 0 Å². The van der Waals surface area contributed by atoms with E-state index in [1.807, 2.05) is 21.6 Å². The van der Waals surface area contributed by atoms with E-state index in [1.165, 1.54) is 12.2 Å². The van der Waals surface area contributed by atoms with Crippen LogP contribution < -0.4 is 0 Å². The van der Waals surface area contributed by atoms with Crippen molar-refractivity contribution in [1.82, 2.24) is 0 Å². The predicted octanol–water partition coefficient (Wildman–Crippen LogP) is 3.41. The molecule has 0 nitrogen and oxygen atoms in total. The Bertz CT molecular complexity index is 55.0. The summed E-state index contributed by atoms with van der Waals surface area (Å²) in [6.07, 6.45) is 1.18. The van der Waals surface area contributed by atoms with Crippen molar-refractivity contribution >= 4 is 33.2 Å². The monoisotopic (exact) mass is 184 g/mol. The lowest BCUT2D eigenvalue weighted by molar-refractivity contribution is 0.918. The van der Waals surface area contributed by atoms with Crippen molar-refractivity contribution in [3.05, 3.63) is 0 Å². The van der Waals surface area contributed by atoms with Crippen LogP contribution in [0.25, 0.3) is 0 Å². The van der Waals surface area contributed by atoms with E-state index in [0.29, 0.717) is 5.25 Å². The summed E-state index contributed by atoms with van der Waals surface area (Å²) in [5.41, 5.74) is 0. The molecule has 3 heteroatoms. The van der Waals surface area contributed by atoms with Crippen molar-refractivity contribution < 1.29 is 0 Å². The van der Waals surface area contributed by atoms with Gasteiger partial charge in [0.2, 0.25) is 0 Å². The molecule has 0 aliphatic carbocycles. The molecule has 0 fully saturated rings. The zero-order chi connectivity index (χ0) is 7.11. The molecule has 0 N–H and O–H groups in total. The summed E-state index contributed by atoms with van der Waals surface area (Å²) in [7, 11) is 3.80. The number of rotatable bonds is 5. The molecule has 0 saturated heterocycles. The lowest BCUT2D eigenvalue weighted by Crippen LogP contribution is -1.99. The van der Waals surface area contributed by atoms with Crippen LogP contribution in [0.1, 0.15) is 20.3 Å². The third-order valence-electron chi connectivity index (χ3n) is 0.949. The van der Waals surface area contributed by atoms with Crippen LogP contribution in [0.3, 0.4) is 0 Å². The van der Waals surface area contributed by atoms with E-state index in [9.17, 15) is 0 Å². The van der Waals surface area contributed by atoms with Crippen LogP contribution >= 0.6 is 33.2 Å². The van der Waals surface area contributed by atoms with E-state index in [-0.39, 0.29) is 0 Å². The molecule has 0 saturated carbocycles. The fourth-order valence-electron chi connectivity index (χ4n) is 0.367. The summed E-state index contributed by atoms with van der Waals surface area (Å²) in [4.78, 5) is 0. The lowest BCUT2D eigenvalue weighted by Gasteiger charge is -2.07. The predicted molar refractivity (Wildman–Crippen MR) is 50.5 cm³/mol. The Labute approximate surface area is 70.5 Å². The Kier molecular flexibility index (Phi) is 7.88. The highest BCUT2D eigenvalue weighted by molar-refractivity contribution is 8.76. The van der Waals surface area contributed by atoms with Crippen molar-refractivity contribution in [2.75, 3.05) is 11.6 Å². The molecule has 1 atom stereocenters. The van der Waals surface area contributed by atoms with Gasteiger partial charge in [0.15, 0.2) is 0 Å². The Morgan fingerprint density at radius 2 is 2.11 bits per heavy atom. The maximum Gasteiger partial charge on any atom is 0.0350 e. The zero-order valence-corrected chi connectivity index (χ0v) is 8.28. The molecule has 0 rings (SSSR count). The minimum Gasteiger partial charge on any atom is -0.125 e. The highest BCUT2D eigenvalue weighted by Crippen LogP contribution is 2.28. The summed E-state index contributed by atoms with van der Waals surface area (Å²) in [5, 5.41) is 0.650. The lowest BCUT2D eigenvalue weighted by atomic mass is 10.4. The Morgan fingerprint density at radius 3 is 2.44 bits per heavy atom. The molecule has 9 heavy (non-hydrogen) atoms. The molecule has 0 aromatic rings. The normalized spacial score (nSPS) is 13.7. The quantitative estimate of drug-likeness (QED) is 0.475. The molecule has 0 bridgehead atoms. The van der Waals surface area contributed by atoms with Crippen LogP contribution in [-0.2, 0) is 0 Å². The average Bonchev–Trinajstić information content (AvgIpc) is 1.91. The summed E-state index contributed by atoms with van der Waals surface area (Å²) < 4.78 is 0. The minimum absolute atomic E-state index is 0.650. The molecule has 1 unspecified atom stereocenters. The maximum absolute atomic E-state index is 5.67. The van der Waals surface area contributed by atoms with E-state index in [1.54, 1.807) is 0 Å². The highest BCUT2D eigenvalue weighted by atomic mass is 35.5. The average molecular weight is 185 g/mol. The molecule has 0 aliphatic rings. The van der Waals surface area contributed by atoms with Crippen molar-refractivity contribution in [3.63, 3.8) is 0 Å². The minimum atomic E-state index is 0.650. The Hall–Kier alpha value is 0.990. The topological polar surface area (TPSA) is 0 Å². The number of hydrogen-bond acceptors (Lipinski definition) is 2. The van der Waals surface area contributed by atoms with Gasteiger partial charge in [-0.1, -0.05) is 35.4 Å². The number of halogens is 1. The second-order valence-corrected chi connectivity index (χ2v) is 4.95. The molecule has 0 radical (unpaired) electrons. The molecular formula is C6H13ClS2. The van der Waals surface area contributed by atoms with Gasteiger partial charge in [-0.15, -0.1) is 11.6 Å². The van der Waals surface area contributed by atoms with Crippen LogP contribution in [0.15, 0.2) is 0 Å². The first-order valence-electron chi connectivity index (χ1n) is 3.19.